The Hall–Kier alpha value is -1.69. The lowest BCUT2D eigenvalue weighted by Crippen LogP contribution is -2.28. The van der Waals surface area contributed by atoms with Crippen LogP contribution in [-0.4, -0.2) is 39.0 Å². The van der Waals surface area contributed by atoms with Gasteiger partial charge in [-0.1, -0.05) is 43.3 Å². The van der Waals surface area contributed by atoms with Gasteiger partial charge in [0.25, 0.3) is 0 Å². The molecule has 4 nitrogen and oxygen atoms in total. The van der Waals surface area contributed by atoms with E-state index < -0.39 is 10.0 Å². The predicted octanol–water partition coefficient (Wildman–Crippen LogP) is 3.68. The fourth-order valence-electron chi connectivity index (χ4n) is 3.56. The van der Waals surface area contributed by atoms with Gasteiger partial charge in [0.15, 0.2) is 0 Å². The van der Waals surface area contributed by atoms with Crippen molar-refractivity contribution in [2.75, 3.05) is 19.6 Å². The van der Waals surface area contributed by atoms with Gasteiger partial charge in [-0.15, -0.1) is 0 Å². The first kappa shape index (κ1) is 19.1. The van der Waals surface area contributed by atoms with Crippen LogP contribution in [0.5, 0.6) is 0 Å². The SMILES string of the molecule is CCNS(=O)(=O)c1ccc(-c2ccc(CCN3CCC[C@@H]3C)cc2)cc1. The Kier molecular flexibility index (Phi) is 6.12. The molecule has 0 aliphatic carbocycles. The Balaban J connectivity index is 1.64. The number of hydrogen-bond acceptors (Lipinski definition) is 3. The van der Waals surface area contributed by atoms with Gasteiger partial charge in [-0.2, -0.15) is 0 Å². The molecule has 0 aromatic heterocycles. The third-order valence-corrected chi connectivity index (χ3v) is 6.73. The molecule has 1 saturated heterocycles. The lowest BCUT2D eigenvalue weighted by molar-refractivity contribution is 0.272. The van der Waals surface area contributed by atoms with Gasteiger partial charge in [-0.05, 0) is 61.6 Å². The highest BCUT2D eigenvalue weighted by atomic mass is 32.2. The van der Waals surface area contributed by atoms with Crippen molar-refractivity contribution < 1.29 is 8.42 Å². The molecule has 1 heterocycles. The van der Waals surface area contributed by atoms with E-state index >= 15 is 0 Å². The van der Waals surface area contributed by atoms with Crippen molar-refractivity contribution in [2.24, 2.45) is 0 Å². The van der Waals surface area contributed by atoms with Gasteiger partial charge in [0.2, 0.25) is 10.0 Å². The highest BCUT2D eigenvalue weighted by Crippen LogP contribution is 2.23. The summed E-state index contributed by atoms with van der Waals surface area (Å²) >= 11 is 0. The van der Waals surface area contributed by atoms with Gasteiger partial charge in [-0.3, -0.25) is 0 Å². The average molecular weight is 373 g/mol. The van der Waals surface area contributed by atoms with E-state index in [1.165, 1.54) is 24.9 Å². The first-order valence-electron chi connectivity index (χ1n) is 9.42. The molecule has 1 N–H and O–H groups in total. The molecule has 2 aromatic carbocycles. The normalized spacial score (nSPS) is 18.3. The molecule has 0 saturated carbocycles. The second kappa shape index (κ2) is 8.33. The number of likely N-dealkylation sites (tertiary alicyclic amines) is 1. The molecule has 1 aliphatic rings. The molecular weight excluding hydrogens is 344 g/mol. The monoisotopic (exact) mass is 372 g/mol. The zero-order valence-electron chi connectivity index (χ0n) is 15.6. The Morgan fingerprint density at radius 3 is 2.19 bits per heavy atom. The first-order chi connectivity index (χ1) is 12.5. The molecule has 0 spiro atoms. The number of hydrogen-bond donors (Lipinski definition) is 1. The lowest BCUT2D eigenvalue weighted by Gasteiger charge is -2.20. The summed E-state index contributed by atoms with van der Waals surface area (Å²) in [5.41, 5.74) is 3.48. The van der Waals surface area contributed by atoms with Crippen molar-refractivity contribution >= 4 is 10.0 Å². The van der Waals surface area contributed by atoms with Crippen LogP contribution in [0.4, 0.5) is 0 Å². The van der Waals surface area contributed by atoms with E-state index in [1.807, 2.05) is 12.1 Å². The second-order valence-corrected chi connectivity index (χ2v) is 8.77. The van der Waals surface area contributed by atoms with Gasteiger partial charge in [0, 0.05) is 19.1 Å². The fourth-order valence-corrected chi connectivity index (χ4v) is 4.60. The molecule has 140 valence electrons. The molecule has 1 fully saturated rings. The van der Waals surface area contributed by atoms with Gasteiger partial charge in [0.05, 0.1) is 4.90 Å². The first-order valence-corrected chi connectivity index (χ1v) is 10.9. The number of nitrogens with one attached hydrogen (secondary N) is 1. The zero-order valence-corrected chi connectivity index (χ0v) is 16.4. The minimum Gasteiger partial charge on any atom is -0.300 e. The third kappa shape index (κ3) is 4.53. The minimum atomic E-state index is -3.39. The molecule has 0 bridgehead atoms. The van der Waals surface area contributed by atoms with E-state index in [-0.39, 0.29) is 0 Å². The van der Waals surface area contributed by atoms with Crippen LogP contribution in [0.3, 0.4) is 0 Å². The number of sulfonamides is 1. The molecule has 1 aliphatic heterocycles. The average Bonchev–Trinajstić information content (AvgIpc) is 3.05. The summed E-state index contributed by atoms with van der Waals surface area (Å²) in [6.07, 6.45) is 3.71. The smallest absolute Gasteiger partial charge is 0.240 e. The molecule has 0 unspecified atom stereocenters. The van der Waals surface area contributed by atoms with Crippen molar-refractivity contribution in [3.63, 3.8) is 0 Å². The van der Waals surface area contributed by atoms with Crippen LogP contribution in [0.15, 0.2) is 53.4 Å². The quantitative estimate of drug-likeness (QED) is 0.807. The summed E-state index contributed by atoms with van der Waals surface area (Å²) in [4.78, 5) is 2.87. The summed E-state index contributed by atoms with van der Waals surface area (Å²) in [5.74, 6) is 0. The van der Waals surface area contributed by atoms with Crippen LogP contribution in [0.25, 0.3) is 11.1 Å². The van der Waals surface area contributed by atoms with Gasteiger partial charge >= 0.3 is 0 Å². The van der Waals surface area contributed by atoms with Crippen LogP contribution in [0.1, 0.15) is 32.3 Å². The van der Waals surface area contributed by atoms with Crippen LogP contribution in [0.2, 0.25) is 0 Å². The van der Waals surface area contributed by atoms with E-state index in [1.54, 1.807) is 19.1 Å². The van der Waals surface area contributed by atoms with E-state index in [2.05, 4.69) is 40.8 Å². The van der Waals surface area contributed by atoms with Crippen molar-refractivity contribution in [1.29, 1.82) is 0 Å². The van der Waals surface area contributed by atoms with E-state index in [9.17, 15) is 8.42 Å². The van der Waals surface area contributed by atoms with Crippen molar-refractivity contribution in [3.8, 4) is 11.1 Å². The summed E-state index contributed by atoms with van der Waals surface area (Å²) in [7, 11) is -3.39. The van der Waals surface area contributed by atoms with Crippen LogP contribution < -0.4 is 4.72 Å². The zero-order chi connectivity index (χ0) is 18.6. The molecule has 0 radical (unpaired) electrons. The molecule has 5 heteroatoms. The highest BCUT2D eigenvalue weighted by molar-refractivity contribution is 7.89. The molecule has 26 heavy (non-hydrogen) atoms. The predicted molar refractivity (Wildman–Crippen MR) is 107 cm³/mol. The van der Waals surface area contributed by atoms with Crippen LogP contribution in [-0.2, 0) is 16.4 Å². The van der Waals surface area contributed by atoms with Crippen LogP contribution >= 0.6 is 0 Å². The van der Waals surface area contributed by atoms with Crippen molar-refractivity contribution in [1.82, 2.24) is 9.62 Å². The number of rotatable bonds is 7. The maximum Gasteiger partial charge on any atom is 0.240 e. The van der Waals surface area contributed by atoms with Gasteiger partial charge < -0.3 is 4.90 Å². The Labute approximate surface area is 157 Å². The van der Waals surface area contributed by atoms with E-state index in [0.717, 1.165) is 24.1 Å². The number of benzene rings is 2. The highest BCUT2D eigenvalue weighted by Gasteiger charge is 2.19. The maximum atomic E-state index is 12.0. The van der Waals surface area contributed by atoms with E-state index in [0.29, 0.717) is 17.5 Å². The van der Waals surface area contributed by atoms with Crippen LogP contribution in [0, 0.1) is 0 Å². The summed E-state index contributed by atoms with van der Waals surface area (Å²) in [6, 6.07) is 16.4. The Bertz CT molecular complexity index is 814. The molecular formula is C21H28N2O2S. The molecule has 3 rings (SSSR count). The van der Waals surface area contributed by atoms with E-state index in [4.69, 9.17) is 0 Å². The molecule has 1 atom stereocenters. The van der Waals surface area contributed by atoms with Gasteiger partial charge in [-0.25, -0.2) is 13.1 Å². The topological polar surface area (TPSA) is 49.4 Å². The molecule has 2 aromatic rings. The largest absolute Gasteiger partial charge is 0.300 e. The third-order valence-electron chi connectivity index (χ3n) is 5.16. The Morgan fingerprint density at radius 1 is 1.04 bits per heavy atom. The fraction of sp³-hybridized carbons (Fsp3) is 0.429. The van der Waals surface area contributed by atoms with Gasteiger partial charge in [0.1, 0.15) is 0 Å². The summed E-state index contributed by atoms with van der Waals surface area (Å²) in [6.45, 7) is 6.83. The van der Waals surface area contributed by atoms with Crippen molar-refractivity contribution in [3.05, 3.63) is 54.1 Å². The standard InChI is InChI=1S/C21H28N2O2S/c1-3-22-26(24,25)21-12-10-20(11-13-21)19-8-6-18(7-9-19)14-16-23-15-4-5-17(23)2/h6-13,17,22H,3-5,14-16H2,1-2H3/t17-/m0/s1. The summed E-state index contributed by atoms with van der Waals surface area (Å²) in [5, 5.41) is 0. The lowest BCUT2D eigenvalue weighted by atomic mass is 10.0. The minimum absolute atomic E-state index is 0.305. The summed E-state index contributed by atoms with van der Waals surface area (Å²) < 4.78 is 26.5. The van der Waals surface area contributed by atoms with Crippen molar-refractivity contribution in [2.45, 2.75) is 44.0 Å². The maximum absolute atomic E-state index is 12.0. The second-order valence-electron chi connectivity index (χ2n) is 7.00. The molecule has 0 amide bonds. The number of nitrogens with zero attached hydrogens (tertiary/aromatic N) is 1. The Morgan fingerprint density at radius 2 is 1.65 bits per heavy atom.